The molecule has 2 rings (SSSR count). The minimum atomic E-state index is -1.27. The Balaban J connectivity index is 2.28. The van der Waals surface area contributed by atoms with E-state index in [-0.39, 0.29) is 22.1 Å². The molecule has 0 aliphatic rings. The van der Waals surface area contributed by atoms with E-state index in [4.69, 9.17) is 16.7 Å². The van der Waals surface area contributed by atoms with Gasteiger partial charge in [-0.3, -0.25) is 4.79 Å². The van der Waals surface area contributed by atoms with Gasteiger partial charge in [0.1, 0.15) is 5.82 Å². The molecule has 0 saturated heterocycles. The molecular formula is C13H7ClF2N2O3. The van der Waals surface area contributed by atoms with Crippen LogP contribution in [0.25, 0.3) is 0 Å². The van der Waals surface area contributed by atoms with Gasteiger partial charge in [0.2, 0.25) is 0 Å². The van der Waals surface area contributed by atoms with Gasteiger partial charge >= 0.3 is 5.97 Å². The van der Waals surface area contributed by atoms with Crippen LogP contribution in [0.2, 0.25) is 5.02 Å². The van der Waals surface area contributed by atoms with Gasteiger partial charge in [-0.1, -0.05) is 17.7 Å². The quantitative estimate of drug-likeness (QED) is 0.854. The van der Waals surface area contributed by atoms with E-state index in [1.807, 2.05) is 0 Å². The second-order valence-corrected chi connectivity index (χ2v) is 4.32. The normalized spacial score (nSPS) is 10.2. The number of pyridine rings is 1. The second-order valence-electron chi connectivity index (χ2n) is 3.91. The smallest absolute Gasteiger partial charge is 0.354 e. The van der Waals surface area contributed by atoms with Crippen molar-refractivity contribution < 1.29 is 23.5 Å². The Kier molecular flexibility index (Phi) is 4.13. The van der Waals surface area contributed by atoms with Crippen LogP contribution in [0, 0.1) is 11.6 Å². The number of amides is 1. The number of carbonyl (C=O) groups is 2. The number of hydrogen-bond donors (Lipinski definition) is 2. The standard InChI is InChI=1S/C13H7ClF2N2O3/c14-7-5-9(16)8(15)4-6(7)12(19)18-11-3-1-2-10(17-11)13(20)21/h1-5H,(H,20,21)(H,17,18,19). The van der Waals surface area contributed by atoms with Crippen molar-refractivity contribution in [3.05, 3.63) is 58.2 Å². The van der Waals surface area contributed by atoms with Crippen LogP contribution in [0.3, 0.4) is 0 Å². The number of aromatic nitrogens is 1. The maximum absolute atomic E-state index is 13.1. The summed E-state index contributed by atoms with van der Waals surface area (Å²) >= 11 is 5.66. The molecule has 2 aromatic rings. The van der Waals surface area contributed by atoms with E-state index in [9.17, 15) is 18.4 Å². The van der Waals surface area contributed by atoms with E-state index >= 15 is 0 Å². The summed E-state index contributed by atoms with van der Waals surface area (Å²) in [4.78, 5) is 26.3. The zero-order valence-electron chi connectivity index (χ0n) is 10.2. The second kappa shape index (κ2) is 5.84. The molecule has 0 aliphatic carbocycles. The van der Waals surface area contributed by atoms with Gasteiger partial charge < -0.3 is 10.4 Å². The fourth-order valence-corrected chi connectivity index (χ4v) is 1.74. The van der Waals surface area contributed by atoms with Crippen molar-refractivity contribution in [1.82, 2.24) is 4.98 Å². The average Bonchev–Trinajstić information content (AvgIpc) is 2.43. The zero-order chi connectivity index (χ0) is 15.6. The van der Waals surface area contributed by atoms with E-state index in [0.717, 1.165) is 0 Å². The number of carboxylic acids is 1. The number of carboxylic acid groups (broad SMARTS) is 1. The van der Waals surface area contributed by atoms with Gasteiger partial charge in [-0.25, -0.2) is 18.6 Å². The summed E-state index contributed by atoms with van der Waals surface area (Å²) in [6.45, 7) is 0. The Morgan fingerprint density at radius 1 is 1.19 bits per heavy atom. The number of carbonyl (C=O) groups excluding carboxylic acids is 1. The van der Waals surface area contributed by atoms with Crippen LogP contribution in [0.5, 0.6) is 0 Å². The summed E-state index contributed by atoms with van der Waals surface area (Å²) in [5.41, 5.74) is -0.567. The molecule has 1 amide bonds. The summed E-state index contributed by atoms with van der Waals surface area (Å²) in [6.07, 6.45) is 0. The Morgan fingerprint density at radius 3 is 2.52 bits per heavy atom. The summed E-state index contributed by atoms with van der Waals surface area (Å²) in [6, 6.07) is 5.28. The van der Waals surface area contributed by atoms with E-state index in [1.54, 1.807) is 0 Å². The first-order valence-electron chi connectivity index (χ1n) is 5.54. The third-order valence-corrected chi connectivity index (χ3v) is 2.78. The number of aromatic carboxylic acids is 1. The van der Waals surface area contributed by atoms with Crippen LogP contribution in [0.4, 0.5) is 14.6 Å². The minimum Gasteiger partial charge on any atom is -0.477 e. The lowest BCUT2D eigenvalue weighted by Gasteiger charge is -2.07. The molecule has 1 heterocycles. The summed E-state index contributed by atoms with van der Waals surface area (Å²) in [7, 11) is 0. The molecule has 0 aliphatic heterocycles. The first-order valence-corrected chi connectivity index (χ1v) is 5.92. The van der Waals surface area contributed by atoms with Crippen molar-refractivity contribution in [1.29, 1.82) is 0 Å². The number of anilines is 1. The highest BCUT2D eigenvalue weighted by Gasteiger charge is 2.16. The minimum absolute atomic E-state index is 0.0549. The predicted molar refractivity (Wildman–Crippen MR) is 70.5 cm³/mol. The maximum atomic E-state index is 13.1. The Hall–Kier alpha value is -2.54. The Morgan fingerprint density at radius 2 is 1.86 bits per heavy atom. The van der Waals surface area contributed by atoms with Gasteiger partial charge in [-0.05, 0) is 24.3 Å². The maximum Gasteiger partial charge on any atom is 0.354 e. The number of rotatable bonds is 3. The number of nitrogens with zero attached hydrogens (tertiary/aromatic N) is 1. The van der Waals surface area contributed by atoms with Crippen LogP contribution < -0.4 is 5.32 Å². The predicted octanol–water partition coefficient (Wildman–Crippen LogP) is 2.96. The lowest BCUT2D eigenvalue weighted by Crippen LogP contribution is -2.15. The average molecular weight is 313 g/mol. The van der Waals surface area contributed by atoms with Crippen molar-refractivity contribution in [2.45, 2.75) is 0 Å². The fourth-order valence-electron chi connectivity index (χ4n) is 1.50. The number of nitrogens with one attached hydrogen (secondary N) is 1. The molecule has 21 heavy (non-hydrogen) atoms. The van der Waals surface area contributed by atoms with Crippen LogP contribution in [-0.2, 0) is 0 Å². The third kappa shape index (κ3) is 3.32. The molecule has 0 spiro atoms. The molecule has 5 nitrogen and oxygen atoms in total. The number of halogens is 3. The molecule has 8 heteroatoms. The van der Waals surface area contributed by atoms with Crippen LogP contribution in [0.15, 0.2) is 30.3 Å². The third-order valence-electron chi connectivity index (χ3n) is 2.46. The molecule has 0 unspecified atom stereocenters. The number of hydrogen-bond acceptors (Lipinski definition) is 3. The molecule has 2 N–H and O–H groups in total. The van der Waals surface area contributed by atoms with Crippen LogP contribution >= 0.6 is 11.6 Å². The van der Waals surface area contributed by atoms with E-state index in [2.05, 4.69) is 10.3 Å². The fraction of sp³-hybridized carbons (Fsp3) is 0. The molecule has 0 radical (unpaired) electrons. The highest BCUT2D eigenvalue weighted by Crippen LogP contribution is 2.21. The topological polar surface area (TPSA) is 79.3 Å². The van der Waals surface area contributed by atoms with E-state index in [1.165, 1.54) is 18.2 Å². The lowest BCUT2D eigenvalue weighted by molar-refractivity contribution is 0.0690. The largest absolute Gasteiger partial charge is 0.477 e. The van der Waals surface area contributed by atoms with E-state index in [0.29, 0.717) is 12.1 Å². The first kappa shape index (κ1) is 14.9. The van der Waals surface area contributed by atoms with Gasteiger partial charge in [0, 0.05) is 0 Å². The molecule has 0 saturated carbocycles. The first-order chi connectivity index (χ1) is 9.88. The monoisotopic (exact) mass is 312 g/mol. The molecular weight excluding hydrogens is 306 g/mol. The molecule has 1 aromatic heterocycles. The van der Waals surface area contributed by atoms with Crippen molar-refractivity contribution in [2.75, 3.05) is 5.32 Å². The molecule has 108 valence electrons. The van der Waals surface area contributed by atoms with Crippen molar-refractivity contribution in [2.24, 2.45) is 0 Å². The van der Waals surface area contributed by atoms with Gasteiger partial charge in [0.05, 0.1) is 10.6 Å². The van der Waals surface area contributed by atoms with Gasteiger partial charge in [0.15, 0.2) is 17.3 Å². The zero-order valence-corrected chi connectivity index (χ0v) is 11.0. The highest BCUT2D eigenvalue weighted by atomic mass is 35.5. The van der Waals surface area contributed by atoms with Gasteiger partial charge in [0.25, 0.3) is 5.91 Å². The van der Waals surface area contributed by atoms with Gasteiger partial charge in [-0.15, -0.1) is 0 Å². The summed E-state index contributed by atoms with van der Waals surface area (Å²) < 4.78 is 26.0. The SMILES string of the molecule is O=C(O)c1cccc(NC(=O)c2cc(F)c(F)cc2Cl)n1. The van der Waals surface area contributed by atoms with Crippen LogP contribution in [0.1, 0.15) is 20.8 Å². The summed E-state index contributed by atoms with van der Waals surface area (Å²) in [5.74, 6) is -4.56. The Bertz CT molecular complexity index is 737. The highest BCUT2D eigenvalue weighted by molar-refractivity contribution is 6.34. The van der Waals surface area contributed by atoms with Gasteiger partial charge in [-0.2, -0.15) is 0 Å². The molecule has 0 atom stereocenters. The molecule has 0 bridgehead atoms. The van der Waals surface area contributed by atoms with E-state index < -0.39 is 23.5 Å². The lowest BCUT2D eigenvalue weighted by atomic mass is 10.2. The van der Waals surface area contributed by atoms with Crippen molar-refractivity contribution >= 4 is 29.3 Å². The van der Waals surface area contributed by atoms with Crippen LogP contribution in [-0.4, -0.2) is 22.0 Å². The molecule has 0 fully saturated rings. The Labute approximate surface area is 122 Å². The van der Waals surface area contributed by atoms with Crippen molar-refractivity contribution in [3.8, 4) is 0 Å². The molecule has 1 aromatic carbocycles. The number of benzene rings is 1. The van der Waals surface area contributed by atoms with Crippen molar-refractivity contribution in [3.63, 3.8) is 0 Å². The summed E-state index contributed by atoms with van der Waals surface area (Å²) in [5, 5.41) is 10.8.